The van der Waals surface area contributed by atoms with Crippen LogP contribution in [0.2, 0.25) is 0 Å². The quantitative estimate of drug-likeness (QED) is 0.231. The molecule has 152 valence electrons. The van der Waals surface area contributed by atoms with Crippen molar-refractivity contribution < 1.29 is 0 Å². The molecule has 3 aromatic carbocycles. The molecule has 1 aromatic heterocycles. The average Bonchev–Trinajstić information content (AvgIpc) is 2.82. The topological polar surface area (TPSA) is 52.6 Å². The predicted molar refractivity (Wildman–Crippen MR) is 132 cm³/mol. The lowest BCUT2D eigenvalue weighted by atomic mass is 10.1. The first-order chi connectivity index (χ1) is 15.3. The normalized spacial score (nSPS) is 10.6. The van der Waals surface area contributed by atoms with Crippen LogP contribution in [0.15, 0.2) is 115 Å². The molecule has 5 nitrogen and oxygen atoms in total. The van der Waals surface area contributed by atoms with Crippen LogP contribution in [-0.2, 0) is 0 Å². The lowest BCUT2D eigenvalue weighted by molar-refractivity contribution is 1.05. The number of anilines is 4. The second kappa shape index (κ2) is 10.1. The van der Waals surface area contributed by atoms with Crippen molar-refractivity contribution in [2.45, 2.75) is 0 Å². The molecular formula is C25H21N5S. The van der Waals surface area contributed by atoms with Crippen LogP contribution in [0.3, 0.4) is 0 Å². The molecule has 0 bridgehead atoms. The van der Waals surface area contributed by atoms with Crippen molar-refractivity contribution in [1.82, 2.24) is 10.4 Å². The summed E-state index contributed by atoms with van der Waals surface area (Å²) in [6.45, 7) is 0. The summed E-state index contributed by atoms with van der Waals surface area (Å²) in [6, 6.07) is 32.5. The van der Waals surface area contributed by atoms with Crippen molar-refractivity contribution >= 4 is 46.3 Å². The van der Waals surface area contributed by atoms with Crippen LogP contribution in [-0.4, -0.2) is 16.3 Å². The molecule has 4 rings (SSSR count). The summed E-state index contributed by atoms with van der Waals surface area (Å²) in [5.41, 5.74) is 7.85. The van der Waals surface area contributed by atoms with Gasteiger partial charge in [0.05, 0.1) is 18.1 Å². The number of hydrazone groups is 1. The number of para-hydroxylation sites is 2. The summed E-state index contributed by atoms with van der Waals surface area (Å²) in [5, 5.41) is 7.64. The minimum Gasteiger partial charge on any atom is -0.330 e. The molecule has 0 aliphatic rings. The maximum Gasteiger partial charge on any atom is 0.191 e. The van der Waals surface area contributed by atoms with E-state index in [2.05, 4.69) is 62.1 Å². The Morgan fingerprint density at radius 1 is 0.774 bits per heavy atom. The molecule has 4 aromatic rings. The zero-order chi connectivity index (χ0) is 21.3. The molecule has 0 aliphatic carbocycles. The van der Waals surface area contributed by atoms with Crippen molar-refractivity contribution in [3.63, 3.8) is 0 Å². The van der Waals surface area contributed by atoms with E-state index >= 15 is 0 Å². The molecule has 2 N–H and O–H groups in total. The van der Waals surface area contributed by atoms with Gasteiger partial charge in [-0.15, -0.1) is 0 Å². The van der Waals surface area contributed by atoms with Crippen molar-refractivity contribution in [1.29, 1.82) is 0 Å². The van der Waals surface area contributed by atoms with Crippen LogP contribution < -0.4 is 15.6 Å². The van der Waals surface area contributed by atoms with E-state index in [1.165, 1.54) is 0 Å². The van der Waals surface area contributed by atoms with Crippen molar-refractivity contribution in [2.24, 2.45) is 5.10 Å². The Bertz CT molecular complexity index is 1090. The fraction of sp³-hybridized carbons (Fsp3) is 0. The molecule has 0 atom stereocenters. The van der Waals surface area contributed by atoms with E-state index in [1.807, 2.05) is 60.7 Å². The van der Waals surface area contributed by atoms with Crippen LogP contribution in [0.1, 0.15) is 5.56 Å². The molecule has 0 saturated carbocycles. The van der Waals surface area contributed by atoms with Crippen LogP contribution in [0.5, 0.6) is 0 Å². The fourth-order valence-electron chi connectivity index (χ4n) is 3.07. The Labute approximate surface area is 187 Å². The first-order valence-corrected chi connectivity index (χ1v) is 10.2. The second-order valence-electron chi connectivity index (χ2n) is 6.66. The SMILES string of the molecule is S=C(N/N=C/c1ccc(N(c2ccccc2)c2ccccc2)cc1)Nc1cccnc1. The number of nitrogens with zero attached hydrogens (tertiary/aromatic N) is 3. The highest BCUT2D eigenvalue weighted by Crippen LogP contribution is 2.33. The van der Waals surface area contributed by atoms with Gasteiger partial charge in [0.1, 0.15) is 0 Å². The van der Waals surface area contributed by atoms with E-state index in [1.54, 1.807) is 18.6 Å². The number of aromatic nitrogens is 1. The molecule has 0 aliphatic heterocycles. The highest BCUT2D eigenvalue weighted by atomic mass is 32.1. The second-order valence-corrected chi connectivity index (χ2v) is 7.07. The summed E-state index contributed by atoms with van der Waals surface area (Å²) >= 11 is 5.24. The Morgan fingerprint density at radius 3 is 1.97 bits per heavy atom. The molecule has 31 heavy (non-hydrogen) atoms. The summed E-state index contributed by atoms with van der Waals surface area (Å²) in [4.78, 5) is 6.25. The van der Waals surface area contributed by atoms with Crippen LogP contribution in [0, 0.1) is 0 Å². The highest BCUT2D eigenvalue weighted by molar-refractivity contribution is 7.80. The maximum absolute atomic E-state index is 5.24. The minimum absolute atomic E-state index is 0.403. The van der Waals surface area contributed by atoms with E-state index in [-0.39, 0.29) is 0 Å². The number of hydrogen-bond donors (Lipinski definition) is 2. The third kappa shape index (κ3) is 5.52. The number of pyridine rings is 1. The standard InChI is InChI=1S/C25H21N5S/c31-25(28-21-8-7-17-26-19-21)29-27-18-20-13-15-24(16-14-20)30(22-9-3-1-4-10-22)23-11-5-2-6-12-23/h1-19H,(H2,28,29,31)/b27-18+. The Morgan fingerprint density at radius 2 is 1.39 bits per heavy atom. The number of thiocarbonyl (C=S) groups is 1. The molecule has 6 heteroatoms. The van der Waals surface area contributed by atoms with Gasteiger partial charge in [-0.25, -0.2) is 0 Å². The number of benzene rings is 3. The van der Waals surface area contributed by atoms with Crippen LogP contribution >= 0.6 is 12.2 Å². The average molecular weight is 424 g/mol. The van der Waals surface area contributed by atoms with E-state index in [0.717, 1.165) is 28.3 Å². The third-order valence-corrected chi connectivity index (χ3v) is 4.67. The molecule has 0 spiro atoms. The smallest absolute Gasteiger partial charge is 0.191 e. The van der Waals surface area contributed by atoms with Crippen molar-refractivity contribution in [3.8, 4) is 0 Å². The predicted octanol–water partition coefficient (Wildman–Crippen LogP) is 5.87. The first kappa shape index (κ1) is 20.3. The molecule has 1 heterocycles. The van der Waals surface area contributed by atoms with Gasteiger partial charge in [0, 0.05) is 23.3 Å². The van der Waals surface area contributed by atoms with Crippen LogP contribution in [0.25, 0.3) is 0 Å². The van der Waals surface area contributed by atoms with Crippen molar-refractivity contribution in [2.75, 3.05) is 10.2 Å². The van der Waals surface area contributed by atoms with Gasteiger partial charge in [0.2, 0.25) is 0 Å². The summed E-state index contributed by atoms with van der Waals surface area (Å²) in [5.74, 6) is 0. The molecule has 0 amide bonds. The number of rotatable bonds is 6. The third-order valence-electron chi connectivity index (χ3n) is 4.48. The fourth-order valence-corrected chi connectivity index (χ4v) is 3.24. The lowest BCUT2D eigenvalue weighted by Gasteiger charge is -2.25. The molecule has 0 fully saturated rings. The van der Waals surface area contributed by atoms with Gasteiger partial charge in [0.15, 0.2) is 5.11 Å². The largest absolute Gasteiger partial charge is 0.330 e. The van der Waals surface area contributed by atoms with Gasteiger partial charge >= 0.3 is 0 Å². The lowest BCUT2D eigenvalue weighted by Crippen LogP contribution is -2.23. The van der Waals surface area contributed by atoms with Gasteiger partial charge in [-0.1, -0.05) is 48.5 Å². The minimum atomic E-state index is 0.403. The zero-order valence-corrected chi connectivity index (χ0v) is 17.5. The Balaban J connectivity index is 1.46. The van der Waals surface area contributed by atoms with Gasteiger partial charge in [-0.2, -0.15) is 5.10 Å². The summed E-state index contributed by atoms with van der Waals surface area (Å²) in [7, 11) is 0. The molecule has 0 radical (unpaired) electrons. The maximum atomic E-state index is 5.24. The monoisotopic (exact) mass is 423 g/mol. The molecule has 0 unspecified atom stereocenters. The van der Waals surface area contributed by atoms with E-state index in [9.17, 15) is 0 Å². The van der Waals surface area contributed by atoms with E-state index < -0.39 is 0 Å². The highest BCUT2D eigenvalue weighted by Gasteiger charge is 2.11. The first-order valence-electron chi connectivity index (χ1n) is 9.80. The zero-order valence-electron chi connectivity index (χ0n) is 16.7. The van der Waals surface area contributed by atoms with E-state index in [4.69, 9.17) is 12.2 Å². The van der Waals surface area contributed by atoms with Gasteiger partial charge < -0.3 is 10.2 Å². The van der Waals surface area contributed by atoms with Gasteiger partial charge in [-0.05, 0) is 66.3 Å². The molecular weight excluding hydrogens is 402 g/mol. The number of nitrogens with one attached hydrogen (secondary N) is 2. The van der Waals surface area contributed by atoms with Gasteiger partial charge in [-0.3, -0.25) is 10.4 Å². The van der Waals surface area contributed by atoms with Crippen molar-refractivity contribution in [3.05, 3.63) is 115 Å². The summed E-state index contributed by atoms with van der Waals surface area (Å²) < 4.78 is 0. The Kier molecular flexibility index (Phi) is 6.62. The van der Waals surface area contributed by atoms with Gasteiger partial charge in [0.25, 0.3) is 0 Å². The van der Waals surface area contributed by atoms with E-state index in [0.29, 0.717) is 5.11 Å². The van der Waals surface area contributed by atoms with Crippen LogP contribution in [0.4, 0.5) is 22.7 Å². The number of hydrogen-bond acceptors (Lipinski definition) is 4. The summed E-state index contributed by atoms with van der Waals surface area (Å²) in [6.07, 6.45) is 5.14. The molecule has 0 saturated heterocycles. The Hall–Kier alpha value is -4.03.